The Kier molecular flexibility index (Phi) is 4.86. The van der Waals surface area contributed by atoms with Crippen LogP contribution in [0.15, 0.2) is 60.2 Å². The SMILES string of the molecule is COc1cccc(/C=N/n2cnnc2)c1OCc1ccc(C)cc1. The number of ether oxygens (including phenoxy) is 2. The summed E-state index contributed by atoms with van der Waals surface area (Å²) in [5, 5.41) is 11.7. The van der Waals surface area contributed by atoms with E-state index in [0.717, 1.165) is 11.1 Å². The van der Waals surface area contributed by atoms with E-state index in [9.17, 15) is 0 Å². The summed E-state index contributed by atoms with van der Waals surface area (Å²) < 4.78 is 12.9. The number of hydrogen-bond donors (Lipinski definition) is 0. The minimum absolute atomic E-state index is 0.453. The fraction of sp³-hybridized carbons (Fsp3) is 0.167. The van der Waals surface area contributed by atoms with Crippen LogP contribution in [0.2, 0.25) is 0 Å². The van der Waals surface area contributed by atoms with Gasteiger partial charge >= 0.3 is 0 Å². The molecule has 0 spiro atoms. The molecule has 3 aromatic rings. The van der Waals surface area contributed by atoms with Crippen molar-refractivity contribution in [3.8, 4) is 11.5 Å². The van der Waals surface area contributed by atoms with E-state index in [1.54, 1.807) is 13.3 Å². The van der Waals surface area contributed by atoms with E-state index in [1.807, 2.05) is 18.2 Å². The van der Waals surface area contributed by atoms with Crippen molar-refractivity contribution in [2.24, 2.45) is 5.10 Å². The molecule has 1 heterocycles. The fourth-order valence-electron chi connectivity index (χ4n) is 2.17. The van der Waals surface area contributed by atoms with E-state index in [4.69, 9.17) is 9.47 Å². The standard InChI is InChI=1S/C18H18N4O2/c1-14-6-8-15(9-7-14)11-24-18-16(4-3-5-17(18)23-2)10-21-22-12-19-20-13-22/h3-10,12-13H,11H2,1-2H3/b21-10+. The first kappa shape index (κ1) is 15.7. The molecule has 0 bridgehead atoms. The second-order valence-corrected chi connectivity index (χ2v) is 5.24. The topological polar surface area (TPSA) is 61.5 Å². The van der Waals surface area contributed by atoms with Gasteiger partial charge in [-0.15, -0.1) is 10.2 Å². The number of para-hydroxylation sites is 1. The van der Waals surface area contributed by atoms with E-state index in [1.165, 1.54) is 22.9 Å². The molecule has 0 saturated heterocycles. The van der Waals surface area contributed by atoms with Crippen LogP contribution in [0.1, 0.15) is 16.7 Å². The van der Waals surface area contributed by atoms with Gasteiger partial charge in [0.2, 0.25) is 0 Å². The molecule has 2 aromatic carbocycles. The summed E-state index contributed by atoms with van der Waals surface area (Å²) in [5.74, 6) is 1.31. The summed E-state index contributed by atoms with van der Waals surface area (Å²) in [6.45, 7) is 2.51. The van der Waals surface area contributed by atoms with E-state index in [0.29, 0.717) is 18.1 Å². The summed E-state index contributed by atoms with van der Waals surface area (Å²) in [4.78, 5) is 0. The minimum atomic E-state index is 0.453. The van der Waals surface area contributed by atoms with Crippen LogP contribution >= 0.6 is 0 Å². The molecule has 24 heavy (non-hydrogen) atoms. The lowest BCUT2D eigenvalue weighted by molar-refractivity contribution is 0.284. The predicted molar refractivity (Wildman–Crippen MR) is 91.5 cm³/mol. The van der Waals surface area contributed by atoms with Crippen LogP contribution in [0.3, 0.4) is 0 Å². The van der Waals surface area contributed by atoms with Crippen molar-refractivity contribution in [2.45, 2.75) is 13.5 Å². The van der Waals surface area contributed by atoms with Gasteiger partial charge in [-0.05, 0) is 24.6 Å². The molecule has 0 fully saturated rings. The molecule has 0 aliphatic heterocycles. The molecule has 122 valence electrons. The van der Waals surface area contributed by atoms with Crippen molar-refractivity contribution < 1.29 is 9.47 Å². The molecular weight excluding hydrogens is 304 g/mol. The van der Waals surface area contributed by atoms with Crippen LogP contribution in [0, 0.1) is 6.92 Å². The zero-order chi connectivity index (χ0) is 16.8. The Morgan fingerprint density at radius 3 is 2.54 bits per heavy atom. The van der Waals surface area contributed by atoms with Gasteiger partial charge in [-0.2, -0.15) is 5.10 Å². The fourth-order valence-corrected chi connectivity index (χ4v) is 2.17. The van der Waals surface area contributed by atoms with Crippen LogP contribution < -0.4 is 9.47 Å². The van der Waals surface area contributed by atoms with Crippen molar-refractivity contribution in [1.82, 2.24) is 14.9 Å². The number of aryl methyl sites for hydroxylation is 1. The zero-order valence-corrected chi connectivity index (χ0v) is 13.6. The third kappa shape index (κ3) is 3.78. The quantitative estimate of drug-likeness (QED) is 0.654. The molecule has 0 unspecified atom stereocenters. The van der Waals surface area contributed by atoms with E-state index in [2.05, 4.69) is 46.5 Å². The molecule has 0 amide bonds. The first-order chi connectivity index (χ1) is 11.8. The Bertz CT molecular complexity index is 812. The molecule has 0 radical (unpaired) electrons. The van der Waals surface area contributed by atoms with Gasteiger partial charge in [-0.3, -0.25) is 0 Å². The summed E-state index contributed by atoms with van der Waals surface area (Å²) in [7, 11) is 1.62. The summed E-state index contributed by atoms with van der Waals surface area (Å²) >= 11 is 0. The monoisotopic (exact) mass is 322 g/mol. The normalized spacial score (nSPS) is 10.9. The van der Waals surface area contributed by atoms with E-state index < -0.39 is 0 Å². The van der Waals surface area contributed by atoms with Crippen molar-refractivity contribution >= 4 is 6.21 Å². The molecule has 1 aromatic heterocycles. The van der Waals surface area contributed by atoms with Crippen LogP contribution in [0.4, 0.5) is 0 Å². The van der Waals surface area contributed by atoms with Crippen molar-refractivity contribution in [3.05, 3.63) is 71.8 Å². The molecule has 0 atom stereocenters. The Labute approximate surface area is 140 Å². The maximum absolute atomic E-state index is 6.00. The van der Waals surface area contributed by atoms with Gasteiger partial charge in [0.25, 0.3) is 0 Å². The predicted octanol–water partition coefficient (Wildman–Crippen LogP) is 3.06. The van der Waals surface area contributed by atoms with Gasteiger partial charge in [-0.1, -0.05) is 35.9 Å². The van der Waals surface area contributed by atoms with Crippen molar-refractivity contribution in [1.29, 1.82) is 0 Å². The molecule has 3 rings (SSSR count). The second kappa shape index (κ2) is 7.41. The maximum atomic E-state index is 6.00. The van der Waals surface area contributed by atoms with Crippen LogP contribution in [0.5, 0.6) is 11.5 Å². The van der Waals surface area contributed by atoms with Gasteiger partial charge in [0, 0.05) is 5.56 Å². The molecule has 6 heteroatoms. The van der Waals surface area contributed by atoms with Crippen LogP contribution in [-0.4, -0.2) is 28.2 Å². The summed E-state index contributed by atoms with van der Waals surface area (Å²) in [5.41, 5.74) is 3.13. The number of benzene rings is 2. The highest BCUT2D eigenvalue weighted by molar-refractivity contribution is 5.85. The zero-order valence-electron chi connectivity index (χ0n) is 13.6. The van der Waals surface area contributed by atoms with Gasteiger partial charge in [-0.25, -0.2) is 4.68 Å². The van der Waals surface area contributed by atoms with Crippen LogP contribution in [0.25, 0.3) is 0 Å². The lowest BCUT2D eigenvalue weighted by Gasteiger charge is -2.13. The molecule has 0 saturated carbocycles. The summed E-state index contributed by atoms with van der Waals surface area (Å²) in [6.07, 6.45) is 4.73. The average molecular weight is 322 g/mol. The number of aromatic nitrogens is 3. The maximum Gasteiger partial charge on any atom is 0.170 e. The Morgan fingerprint density at radius 1 is 1.08 bits per heavy atom. The smallest absolute Gasteiger partial charge is 0.170 e. The number of rotatable bonds is 6. The highest BCUT2D eigenvalue weighted by Crippen LogP contribution is 2.30. The Balaban J connectivity index is 1.83. The summed E-state index contributed by atoms with van der Waals surface area (Å²) in [6, 6.07) is 13.9. The largest absolute Gasteiger partial charge is 0.493 e. The number of nitrogens with zero attached hydrogens (tertiary/aromatic N) is 4. The Hall–Kier alpha value is -3.15. The van der Waals surface area contributed by atoms with Crippen molar-refractivity contribution in [2.75, 3.05) is 7.11 Å². The third-order valence-electron chi connectivity index (χ3n) is 3.47. The molecule has 0 aliphatic rings. The molecule has 0 N–H and O–H groups in total. The third-order valence-corrected chi connectivity index (χ3v) is 3.47. The Morgan fingerprint density at radius 2 is 1.83 bits per heavy atom. The van der Waals surface area contributed by atoms with Gasteiger partial charge in [0.15, 0.2) is 11.5 Å². The number of hydrogen-bond acceptors (Lipinski definition) is 5. The second-order valence-electron chi connectivity index (χ2n) is 5.24. The van der Waals surface area contributed by atoms with E-state index in [-0.39, 0.29) is 0 Å². The lowest BCUT2D eigenvalue weighted by Crippen LogP contribution is -2.01. The minimum Gasteiger partial charge on any atom is -0.493 e. The van der Waals surface area contributed by atoms with Crippen LogP contribution in [-0.2, 0) is 6.61 Å². The first-order valence-corrected chi connectivity index (χ1v) is 7.50. The van der Waals surface area contributed by atoms with E-state index >= 15 is 0 Å². The van der Waals surface area contributed by atoms with Crippen molar-refractivity contribution in [3.63, 3.8) is 0 Å². The van der Waals surface area contributed by atoms with Gasteiger partial charge in [0.05, 0.1) is 13.3 Å². The molecule has 6 nitrogen and oxygen atoms in total. The van der Waals surface area contributed by atoms with Gasteiger partial charge in [0.1, 0.15) is 19.3 Å². The number of methoxy groups -OCH3 is 1. The lowest BCUT2D eigenvalue weighted by atomic mass is 10.1. The highest BCUT2D eigenvalue weighted by atomic mass is 16.5. The average Bonchev–Trinajstić information content (AvgIpc) is 3.13. The van der Waals surface area contributed by atoms with Gasteiger partial charge < -0.3 is 9.47 Å². The molecular formula is C18H18N4O2. The molecule has 0 aliphatic carbocycles. The highest BCUT2D eigenvalue weighted by Gasteiger charge is 2.09. The first-order valence-electron chi connectivity index (χ1n) is 7.50.